The fourth-order valence-electron chi connectivity index (χ4n) is 2.18. The van der Waals surface area contributed by atoms with Gasteiger partial charge in [0.15, 0.2) is 6.61 Å². The molecule has 2 amide bonds. The number of carbonyl (C=O) groups is 2. The molecule has 0 saturated heterocycles. The monoisotopic (exact) mass is 391 g/mol. The Kier molecular flexibility index (Phi) is 5.76. The third kappa shape index (κ3) is 5.93. The number of carbonyl (C=O) groups excluding carboxylic acids is 2. The molecular weight excluding hydrogens is 372 g/mol. The molecule has 2 aromatic rings. The van der Waals surface area contributed by atoms with Crippen molar-refractivity contribution < 1.29 is 23.1 Å². The number of ether oxygens (including phenoxy) is 1. The van der Waals surface area contributed by atoms with Gasteiger partial charge < -0.3 is 10.1 Å². The second-order valence-electron chi connectivity index (χ2n) is 6.58. The average molecular weight is 391 g/mol. The summed E-state index contributed by atoms with van der Waals surface area (Å²) in [4.78, 5) is 35.9. The maximum atomic E-state index is 12.8. The Bertz CT molecular complexity index is 851. The molecule has 148 valence electrons. The lowest BCUT2D eigenvalue weighted by atomic mass is 10.2. The summed E-state index contributed by atoms with van der Waals surface area (Å²) in [5.41, 5.74) is 0.763. The molecule has 0 bridgehead atoms. The van der Waals surface area contributed by atoms with E-state index in [9.17, 15) is 18.4 Å². The van der Waals surface area contributed by atoms with Gasteiger partial charge in [0.05, 0.1) is 0 Å². The van der Waals surface area contributed by atoms with Gasteiger partial charge in [-0.25, -0.2) is 23.7 Å². The molecule has 3 rings (SSSR count). The van der Waals surface area contributed by atoms with Crippen LogP contribution in [0.25, 0.3) is 0 Å². The van der Waals surface area contributed by atoms with Crippen LogP contribution in [0.3, 0.4) is 0 Å². The highest BCUT2D eigenvalue weighted by Crippen LogP contribution is 2.29. The van der Waals surface area contributed by atoms with Crippen LogP contribution in [0.2, 0.25) is 0 Å². The lowest BCUT2D eigenvalue weighted by Gasteiger charge is -2.11. The average Bonchev–Trinajstić information content (AvgIpc) is 3.50. The first-order valence-electron chi connectivity index (χ1n) is 8.68. The van der Waals surface area contributed by atoms with E-state index in [2.05, 4.69) is 25.6 Å². The molecule has 1 saturated carbocycles. The van der Waals surface area contributed by atoms with Gasteiger partial charge in [0.2, 0.25) is 17.7 Å². The Morgan fingerprint density at radius 1 is 1.25 bits per heavy atom. The van der Waals surface area contributed by atoms with E-state index in [0.717, 1.165) is 19.8 Å². The summed E-state index contributed by atoms with van der Waals surface area (Å²) in [7, 11) is 0. The largest absolute Gasteiger partial charge is 0.471 e. The Labute approximate surface area is 159 Å². The number of pyridine rings is 1. The van der Waals surface area contributed by atoms with Crippen molar-refractivity contribution in [2.45, 2.75) is 32.2 Å². The summed E-state index contributed by atoms with van der Waals surface area (Å²) in [5.74, 6) is -3.38. The van der Waals surface area contributed by atoms with E-state index in [1.54, 1.807) is 6.07 Å². The molecule has 10 heteroatoms. The van der Waals surface area contributed by atoms with Crippen LogP contribution in [0.15, 0.2) is 30.6 Å². The summed E-state index contributed by atoms with van der Waals surface area (Å²) in [6.45, 7) is 0.153. The molecule has 1 fully saturated rings. The molecule has 0 spiro atoms. The van der Waals surface area contributed by atoms with Crippen LogP contribution in [-0.2, 0) is 11.3 Å². The molecule has 0 radical (unpaired) electrons. The molecule has 1 aliphatic carbocycles. The third-order valence-electron chi connectivity index (χ3n) is 3.80. The number of nitrogens with zero attached hydrogens (tertiary/aromatic N) is 3. The maximum Gasteiger partial charge on any atom is 0.278 e. The van der Waals surface area contributed by atoms with Gasteiger partial charge in [0.1, 0.15) is 5.69 Å². The highest BCUT2D eigenvalue weighted by molar-refractivity contribution is 5.94. The molecular formula is C18H19F2N5O3. The first-order valence-corrected chi connectivity index (χ1v) is 8.68. The molecule has 2 heterocycles. The number of anilines is 1. The van der Waals surface area contributed by atoms with Gasteiger partial charge in [-0.3, -0.25) is 14.9 Å². The van der Waals surface area contributed by atoms with Crippen molar-refractivity contribution in [2.24, 2.45) is 5.92 Å². The van der Waals surface area contributed by atoms with Gasteiger partial charge in [0.25, 0.3) is 11.8 Å². The number of rotatable bonds is 8. The fraction of sp³-hybridized carbons (Fsp3) is 0.389. The summed E-state index contributed by atoms with van der Waals surface area (Å²) >= 11 is 0. The highest BCUT2D eigenvalue weighted by Gasteiger charge is 2.30. The van der Waals surface area contributed by atoms with Gasteiger partial charge >= 0.3 is 0 Å². The molecule has 8 nitrogen and oxygen atoms in total. The van der Waals surface area contributed by atoms with Crippen molar-refractivity contribution >= 4 is 17.8 Å². The van der Waals surface area contributed by atoms with Crippen molar-refractivity contribution in [1.82, 2.24) is 20.3 Å². The SMILES string of the molecule is CC(F)(F)COc1ccc(CNC(=O)c2ccnc(NC(=O)C3CC3)n2)cn1. The highest BCUT2D eigenvalue weighted by atomic mass is 19.3. The van der Waals surface area contributed by atoms with Gasteiger partial charge in [-0.2, -0.15) is 0 Å². The molecule has 0 aromatic carbocycles. The van der Waals surface area contributed by atoms with Gasteiger partial charge in [-0.1, -0.05) is 6.07 Å². The smallest absolute Gasteiger partial charge is 0.278 e. The second-order valence-corrected chi connectivity index (χ2v) is 6.58. The number of hydrogen-bond donors (Lipinski definition) is 2. The minimum absolute atomic E-state index is 0.00379. The lowest BCUT2D eigenvalue weighted by Crippen LogP contribution is -2.25. The Balaban J connectivity index is 1.51. The Hall–Kier alpha value is -3.17. The van der Waals surface area contributed by atoms with Crippen molar-refractivity contribution in [3.05, 3.63) is 41.9 Å². The summed E-state index contributed by atoms with van der Waals surface area (Å²) in [6.07, 6.45) is 4.52. The zero-order valence-electron chi connectivity index (χ0n) is 15.1. The topological polar surface area (TPSA) is 106 Å². The number of alkyl halides is 2. The Morgan fingerprint density at radius 2 is 2.04 bits per heavy atom. The minimum atomic E-state index is -2.94. The predicted molar refractivity (Wildman–Crippen MR) is 94.9 cm³/mol. The Morgan fingerprint density at radius 3 is 2.68 bits per heavy atom. The van der Waals surface area contributed by atoms with E-state index >= 15 is 0 Å². The number of amides is 2. The van der Waals surface area contributed by atoms with Gasteiger partial charge in [-0.15, -0.1) is 0 Å². The number of nitrogens with one attached hydrogen (secondary N) is 2. The summed E-state index contributed by atoms with van der Waals surface area (Å²) < 4.78 is 30.4. The zero-order valence-corrected chi connectivity index (χ0v) is 15.1. The van der Waals surface area contributed by atoms with E-state index in [4.69, 9.17) is 4.74 Å². The van der Waals surface area contributed by atoms with Crippen LogP contribution < -0.4 is 15.4 Å². The van der Waals surface area contributed by atoms with Crippen molar-refractivity contribution in [1.29, 1.82) is 0 Å². The first-order chi connectivity index (χ1) is 13.3. The van der Waals surface area contributed by atoms with Crippen molar-refractivity contribution in [3.63, 3.8) is 0 Å². The van der Waals surface area contributed by atoms with Crippen molar-refractivity contribution in [2.75, 3.05) is 11.9 Å². The quantitative estimate of drug-likeness (QED) is 0.715. The first kappa shape index (κ1) is 19.6. The fourth-order valence-corrected chi connectivity index (χ4v) is 2.18. The molecule has 0 aliphatic heterocycles. The molecule has 0 unspecified atom stereocenters. The number of halogens is 2. The standard InChI is InChI=1S/C18H19F2N5O3/c1-18(19,20)10-28-14-5-2-11(8-22-14)9-23-16(27)13-6-7-21-17(24-13)25-15(26)12-3-4-12/h2,5-8,12H,3-4,9-10H2,1H3,(H,23,27)(H,21,24,25,26). The van der Waals surface area contributed by atoms with Crippen LogP contribution >= 0.6 is 0 Å². The third-order valence-corrected chi connectivity index (χ3v) is 3.80. The molecule has 28 heavy (non-hydrogen) atoms. The normalized spacial score (nSPS) is 13.7. The van der Waals surface area contributed by atoms with Crippen LogP contribution in [0.1, 0.15) is 35.8 Å². The van der Waals surface area contributed by atoms with Crippen LogP contribution in [0, 0.1) is 5.92 Å². The van der Waals surface area contributed by atoms with Crippen LogP contribution in [0.4, 0.5) is 14.7 Å². The van der Waals surface area contributed by atoms with E-state index in [-0.39, 0.29) is 35.9 Å². The van der Waals surface area contributed by atoms with Crippen LogP contribution in [0.5, 0.6) is 5.88 Å². The lowest BCUT2D eigenvalue weighted by molar-refractivity contribution is -0.117. The van der Waals surface area contributed by atoms with E-state index in [1.165, 1.54) is 24.5 Å². The summed E-state index contributed by atoms with van der Waals surface area (Å²) in [6, 6.07) is 4.49. The predicted octanol–water partition coefficient (Wildman–Crippen LogP) is 2.18. The van der Waals surface area contributed by atoms with Gasteiger partial charge in [-0.05, 0) is 24.5 Å². The zero-order chi connectivity index (χ0) is 20.1. The second kappa shape index (κ2) is 8.24. The molecule has 2 aromatic heterocycles. The minimum Gasteiger partial charge on any atom is -0.471 e. The van der Waals surface area contributed by atoms with E-state index < -0.39 is 18.4 Å². The maximum absolute atomic E-state index is 12.8. The van der Waals surface area contributed by atoms with Crippen molar-refractivity contribution in [3.8, 4) is 5.88 Å². The summed E-state index contributed by atoms with van der Waals surface area (Å²) in [5, 5.41) is 5.25. The van der Waals surface area contributed by atoms with E-state index in [0.29, 0.717) is 5.56 Å². The number of hydrogen-bond acceptors (Lipinski definition) is 6. The molecule has 2 N–H and O–H groups in total. The molecule has 1 aliphatic rings. The van der Waals surface area contributed by atoms with E-state index in [1.807, 2.05) is 0 Å². The van der Waals surface area contributed by atoms with Crippen LogP contribution in [-0.4, -0.2) is 39.3 Å². The molecule has 0 atom stereocenters. The van der Waals surface area contributed by atoms with Gasteiger partial charge in [0, 0.05) is 37.8 Å². The number of aromatic nitrogens is 3.